The van der Waals surface area contributed by atoms with E-state index in [4.69, 9.17) is 9.47 Å². The number of ether oxygens (including phenoxy) is 2. The van der Waals surface area contributed by atoms with E-state index in [-0.39, 0.29) is 28.5 Å². The van der Waals surface area contributed by atoms with Gasteiger partial charge in [0, 0.05) is 24.0 Å². The van der Waals surface area contributed by atoms with E-state index >= 15 is 0 Å². The molecule has 5 heteroatoms. The third-order valence-electron chi connectivity index (χ3n) is 5.99. The van der Waals surface area contributed by atoms with Crippen LogP contribution >= 0.6 is 0 Å². The van der Waals surface area contributed by atoms with Crippen molar-refractivity contribution in [3.8, 4) is 11.5 Å². The van der Waals surface area contributed by atoms with Crippen molar-refractivity contribution in [1.29, 1.82) is 0 Å². The fourth-order valence-electron chi connectivity index (χ4n) is 4.74. The van der Waals surface area contributed by atoms with Crippen LogP contribution in [-0.2, 0) is 12.0 Å². The van der Waals surface area contributed by atoms with Gasteiger partial charge in [-0.1, -0.05) is 18.7 Å². The number of likely N-dealkylation sites (N-methyl/N-ethyl adjacent to an activating group) is 1. The summed E-state index contributed by atoms with van der Waals surface area (Å²) in [5.41, 5.74) is 2.47. The monoisotopic (exact) mass is 407 g/mol. The van der Waals surface area contributed by atoms with Crippen molar-refractivity contribution in [2.45, 2.75) is 37.0 Å². The first-order valence-corrected chi connectivity index (χ1v) is 8.70. The smallest absolute Gasteiger partial charge is 0.166 e. The Morgan fingerprint density at radius 1 is 1.48 bits per heavy atom. The Hall–Kier alpha value is -1.30. The van der Waals surface area contributed by atoms with Crippen molar-refractivity contribution in [3.63, 3.8) is 0 Å². The van der Waals surface area contributed by atoms with Crippen LogP contribution in [0.4, 0.5) is 0 Å². The summed E-state index contributed by atoms with van der Waals surface area (Å²) in [7, 11) is 3.99. The van der Waals surface area contributed by atoms with E-state index in [2.05, 4.69) is 25.8 Å². The van der Waals surface area contributed by atoms with Crippen LogP contribution in [0.15, 0.2) is 36.9 Å². The summed E-state index contributed by atoms with van der Waals surface area (Å²) in [6.45, 7) is 6.92. The predicted octanol–water partition coefficient (Wildman–Crippen LogP) is -0.445. The molecule has 1 aromatic rings. The minimum absolute atomic E-state index is 0. The van der Waals surface area contributed by atoms with Crippen LogP contribution in [0.2, 0.25) is 0 Å². The molecule has 4 atom stereocenters. The zero-order chi connectivity index (χ0) is 16.9. The average Bonchev–Trinajstić information content (AvgIpc) is 2.82. The highest BCUT2D eigenvalue weighted by atomic mass is 79.9. The molecule has 2 heterocycles. The van der Waals surface area contributed by atoms with Gasteiger partial charge in [0.2, 0.25) is 0 Å². The topological polar surface area (TPSA) is 38.7 Å². The Morgan fingerprint density at radius 2 is 2.28 bits per heavy atom. The van der Waals surface area contributed by atoms with E-state index in [0.717, 1.165) is 42.0 Å². The minimum atomic E-state index is -0.429. The van der Waals surface area contributed by atoms with Crippen molar-refractivity contribution in [1.82, 2.24) is 0 Å². The van der Waals surface area contributed by atoms with E-state index in [1.165, 1.54) is 11.1 Å². The lowest BCUT2D eigenvalue weighted by atomic mass is 9.69. The molecule has 1 aromatic carbocycles. The van der Waals surface area contributed by atoms with Crippen LogP contribution in [0.5, 0.6) is 11.5 Å². The van der Waals surface area contributed by atoms with Crippen LogP contribution in [0.25, 0.3) is 0 Å². The summed E-state index contributed by atoms with van der Waals surface area (Å²) in [6, 6.07) is 4.21. The van der Waals surface area contributed by atoms with Crippen molar-refractivity contribution >= 4 is 0 Å². The molecule has 1 N–H and O–H groups in total. The number of aliphatic hydroxyl groups excluding tert-OH is 1. The number of quaternary nitrogens is 1. The molecule has 1 spiro atoms. The zero-order valence-electron chi connectivity index (χ0n) is 14.9. The highest BCUT2D eigenvalue weighted by Gasteiger charge is 2.54. The van der Waals surface area contributed by atoms with Crippen LogP contribution < -0.4 is 26.5 Å². The zero-order valence-corrected chi connectivity index (χ0v) is 16.5. The lowest BCUT2D eigenvalue weighted by Crippen LogP contribution is -3.00. The summed E-state index contributed by atoms with van der Waals surface area (Å²) in [5.74, 6) is 1.68. The molecule has 0 saturated heterocycles. The maximum Gasteiger partial charge on any atom is 0.166 e. The van der Waals surface area contributed by atoms with Gasteiger partial charge in [-0.3, -0.25) is 0 Å². The largest absolute Gasteiger partial charge is 1.00 e. The molecule has 0 radical (unpaired) electrons. The first-order chi connectivity index (χ1) is 11.5. The van der Waals surface area contributed by atoms with Crippen LogP contribution in [0, 0.1) is 0 Å². The molecule has 0 fully saturated rings. The van der Waals surface area contributed by atoms with E-state index in [1.54, 1.807) is 7.11 Å². The van der Waals surface area contributed by atoms with E-state index < -0.39 is 6.10 Å². The molecule has 1 unspecified atom stereocenters. The number of rotatable bonds is 3. The van der Waals surface area contributed by atoms with Crippen molar-refractivity contribution in [3.05, 3.63) is 48.1 Å². The lowest BCUT2D eigenvalue weighted by molar-refractivity contribution is -0.917. The molecule has 136 valence electrons. The van der Waals surface area contributed by atoms with E-state index in [1.807, 2.05) is 18.2 Å². The Kier molecular flexibility index (Phi) is 4.77. The van der Waals surface area contributed by atoms with Crippen molar-refractivity contribution in [2.75, 3.05) is 27.2 Å². The van der Waals surface area contributed by atoms with Gasteiger partial charge < -0.3 is 36.0 Å². The predicted molar refractivity (Wildman–Crippen MR) is 93.3 cm³/mol. The average molecular weight is 408 g/mol. The second-order valence-corrected chi connectivity index (χ2v) is 7.66. The number of hydrogen-bond donors (Lipinski definition) is 1. The fourth-order valence-corrected chi connectivity index (χ4v) is 4.74. The Balaban J connectivity index is 0.00000182. The number of methoxy groups -OCH3 is 1. The van der Waals surface area contributed by atoms with Crippen molar-refractivity contribution < 1.29 is 36.0 Å². The fraction of sp³-hybridized carbons (Fsp3) is 0.500. The SMILES string of the molecule is C=CC[N+]1(C)CC[C@@]23C=C[C@H](O)C[C@@H]2Oc2c(OC)ccc(c23)C1.[Br-]. The quantitative estimate of drug-likeness (QED) is 0.545. The third-order valence-corrected chi connectivity index (χ3v) is 5.99. The van der Waals surface area contributed by atoms with Crippen LogP contribution in [-0.4, -0.2) is 49.0 Å². The van der Waals surface area contributed by atoms with E-state index in [9.17, 15) is 5.11 Å². The summed E-state index contributed by atoms with van der Waals surface area (Å²) < 4.78 is 12.9. The molecule has 2 aliphatic heterocycles. The highest BCUT2D eigenvalue weighted by Crippen LogP contribution is 2.56. The molecule has 0 bridgehead atoms. The molecular formula is C20H26BrNO3. The van der Waals surface area contributed by atoms with E-state index in [0.29, 0.717) is 6.42 Å². The van der Waals surface area contributed by atoms with Gasteiger partial charge in [0.05, 0.1) is 38.8 Å². The first kappa shape index (κ1) is 18.5. The molecule has 1 aliphatic carbocycles. The lowest BCUT2D eigenvalue weighted by Gasteiger charge is -2.37. The summed E-state index contributed by atoms with van der Waals surface area (Å²) in [5, 5.41) is 10.1. The molecule has 0 aromatic heterocycles. The van der Waals surface area contributed by atoms with Gasteiger partial charge in [0.1, 0.15) is 12.6 Å². The van der Waals surface area contributed by atoms with Gasteiger partial charge in [0.15, 0.2) is 11.5 Å². The van der Waals surface area contributed by atoms with Gasteiger partial charge in [-0.05, 0) is 18.2 Å². The molecule has 0 amide bonds. The van der Waals surface area contributed by atoms with Gasteiger partial charge in [-0.25, -0.2) is 0 Å². The maximum atomic E-state index is 10.1. The normalized spacial score (nSPS) is 34.8. The number of nitrogens with zero attached hydrogens (tertiary/aromatic N) is 1. The summed E-state index contributed by atoms with van der Waals surface area (Å²) >= 11 is 0. The summed E-state index contributed by atoms with van der Waals surface area (Å²) in [4.78, 5) is 0. The second kappa shape index (κ2) is 6.45. The van der Waals surface area contributed by atoms with Crippen molar-refractivity contribution in [2.24, 2.45) is 0 Å². The minimum Gasteiger partial charge on any atom is -1.00 e. The Morgan fingerprint density at radius 3 is 3.00 bits per heavy atom. The molecule has 4 rings (SSSR count). The molecule has 4 nitrogen and oxygen atoms in total. The van der Waals surface area contributed by atoms with Gasteiger partial charge >= 0.3 is 0 Å². The van der Waals surface area contributed by atoms with Gasteiger partial charge in [-0.15, -0.1) is 0 Å². The standard InChI is InChI=1S/C20H26NO3.BrH/c1-4-10-21(2)11-9-20-8-7-15(22)12-17(20)24-19-16(23-3)6-5-14(13-21)18(19)20;/h4-8,15,17,22H,1,9-13H2,2-3H3;1H/q+1;/p-1/t15-,17-,20-,21?;/m0./s1. The molecule has 0 saturated carbocycles. The summed E-state index contributed by atoms with van der Waals surface area (Å²) in [6.07, 6.45) is 7.37. The third kappa shape index (κ3) is 2.73. The first-order valence-electron chi connectivity index (χ1n) is 8.70. The molecule has 25 heavy (non-hydrogen) atoms. The number of aliphatic hydroxyl groups is 1. The van der Waals surface area contributed by atoms with Gasteiger partial charge in [-0.2, -0.15) is 0 Å². The molecular weight excluding hydrogens is 382 g/mol. The number of benzene rings is 1. The van der Waals surface area contributed by atoms with Gasteiger partial charge in [0.25, 0.3) is 0 Å². The number of hydrogen-bond acceptors (Lipinski definition) is 3. The van der Waals surface area contributed by atoms with Crippen LogP contribution in [0.1, 0.15) is 24.0 Å². The Labute approximate surface area is 160 Å². The molecule has 3 aliphatic rings. The Bertz CT molecular complexity index is 719. The second-order valence-electron chi connectivity index (χ2n) is 7.66. The van der Waals surface area contributed by atoms with Crippen LogP contribution in [0.3, 0.4) is 0 Å². The highest BCUT2D eigenvalue weighted by molar-refractivity contribution is 5.60. The number of halogens is 1. The maximum absolute atomic E-state index is 10.1.